The van der Waals surface area contributed by atoms with Crippen LogP contribution in [0.25, 0.3) is 0 Å². The minimum atomic E-state index is 0.0138. The van der Waals surface area contributed by atoms with E-state index in [-0.39, 0.29) is 18.1 Å². The first kappa shape index (κ1) is 17.9. The van der Waals surface area contributed by atoms with Gasteiger partial charge in [0.05, 0.1) is 25.3 Å². The number of amides is 1. The molecule has 1 aromatic rings. The highest BCUT2D eigenvalue weighted by Gasteiger charge is 2.17. The molecule has 0 bridgehead atoms. The maximum Gasteiger partial charge on any atom is 0.234 e. The van der Waals surface area contributed by atoms with Gasteiger partial charge in [-0.2, -0.15) is 0 Å². The number of carbonyl (C=O) groups is 1. The number of hydrogen-bond acceptors (Lipinski definition) is 4. The standard InChI is InChI=1S/C18H29N3O2/c1-13-5-6-16(9-14(13)2)15(3)20-18(22)11-19-10-17-12-21(4)7-8-23-17/h5-6,9,15,17,19H,7-8,10-12H2,1-4H3,(H,20,22)/t15-,17+/m0/s1. The van der Waals surface area contributed by atoms with Gasteiger partial charge in [0, 0.05) is 19.6 Å². The summed E-state index contributed by atoms with van der Waals surface area (Å²) in [5.74, 6) is 0.0138. The van der Waals surface area contributed by atoms with E-state index in [1.54, 1.807) is 0 Å². The van der Waals surface area contributed by atoms with Crippen LogP contribution in [0.4, 0.5) is 0 Å². The van der Waals surface area contributed by atoms with Gasteiger partial charge in [-0.3, -0.25) is 4.79 Å². The predicted molar refractivity (Wildman–Crippen MR) is 92.6 cm³/mol. The molecule has 2 N–H and O–H groups in total. The zero-order chi connectivity index (χ0) is 16.8. The highest BCUT2D eigenvalue weighted by atomic mass is 16.5. The number of nitrogens with one attached hydrogen (secondary N) is 2. The molecule has 1 saturated heterocycles. The fourth-order valence-electron chi connectivity index (χ4n) is 2.75. The molecule has 2 rings (SSSR count). The molecule has 5 nitrogen and oxygen atoms in total. The predicted octanol–water partition coefficient (Wildman–Crippen LogP) is 1.40. The van der Waals surface area contributed by atoms with Crippen LogP contribution in [-0.4, -0.2) is 56.7 Å². The van der Waals surface area contributed by atoms with Gasteiger partial charge in [0.25, 0.3) is 0 Å². The topological polar surface area (TPSA) is 53.6 Å². The summed E-state index contributed by atoms with van der Waals surface area (Å²) in [6, 6.07) is 6.33. The van der Waals surface area contributed by atoms with Gasteiger partial charge in [0.15, 0.2) is 0 Å². The zero-order valence-electron chi connectivity index (χ0n) is 14.7. The molecule has 1 aromatic carbocycles. The first-order chi connectivity index (χ1) is 11.0. The second kappa shape index (κ2) is 8.43. The quantitative estimate of drug-likeness (QED) is 0.832. The molecule has 1 heterocycles. The first-order valence-electron chi connectivity index (χ1n) is 8.33. The van der Waals surface area contributed by atoms with E-state index in [1.807, 2.05) is 6.92 Å². The van der Waals surface area contributed by atoms with Crippen LogP contribution in [-0.2, 0) is 9.53 Å². The van der Waals surface area contributed by atoms with Gasteiger partial charge >= 0.3 is 0 Å². The van der Waals surface area contributed by atoms with E-state index < -0.39 is 0 Å². The largest absolute Gasteiger partial charge is 0.374 e. The Morgan fingerprint density at radius 1 is 1.39 bits per heavy atom. The van der Waals surface area contributed by atoms with Crippen LogP contribution in [0.5, 0.6) is 0 Å². The van der Waals surface area contributed by atoms with Crippen molar-refractivity contribution in [3.8, 4) is 0 Å². The molecule has 2 atom stereocenters. The van der Waals surface area contributed by atoms with E-state index in [1.165, 1.54) is 11.1 Å². The van der Waals surface area contributed by atoms with Gasteiger partial charge < -0.3 is 20.3 Å². The van der Waals surface area contributed by atoms with Gasteiger partial charge in [-0.25, -0.2) is 0 Å². The van der Waals surface area contributed by atoms with Gasteiger partial charge in [0.1, 0.15) is 0 Å². The average molecular weight is 319 g/mol. The average Bonchev–Trinajstić information content (AvgIpc) is 2.50. The van der Waals surface area contributed by atoms with E-state index >= 15 is 0 Å². The Hall–Kier alpha value is -1.43. The summed E-state index contributed by atoms with van der Waals surface area (Å²) in [6.07, 6.45) is 0.165. The van der Waals surface area contributed by atoms with Crippen LogP contribution in [0, 0.1) is 13.8 Å². The lowest BCUT2D eigenvalue weighted by Gasteiger charge is -2.30. The van der Waals surface area contributed by atoms with Crippen LogP contribution < -0.4 is 10.6 Å². The lowest BCUT2D eigenvalue weighted by atomic mass is 10.0. The third-order valence-electron chi connectivity index (χ3n) is 4.41. The molecule has 0 radical (unpaired) electrons. The monoisotopic (exact) mass is 319 g/mol. The summed E-state index contributed by atoms with van der Waals surface area (Å²) in [4.78, 5) is 14.3. The van der Waals surface area contributed by atoms with Crippen molar-refractivity contribution in [3.63, 3.8) is 0 Å². The Kier molecular flexibility index (Phi) is 6.57. The minimum absolute atomic E-state index is 0.0138. The fraction of sp³-hybridized carbons (Fsp3) is 0.611. The Bertz CT molecular complexity index is 533. The summed E-state index contributed by atoms with van der Waals surface area (Å²) in [7, 11) is 2.09. The molecule has 1 amide bonds. The highest BCUT2D eigenvalue weighted by molar-refractivity contribution is 5.78. The van der Waals surface area contributed by atoms with Crippen molar-refractivity contribution < 1.29 is 9.53 Å². The van der Waals surface area contributed by atoms with Crippen LogP contribution in [0.15, 0.2) is 18.2 Å². The van der Waals surface area contributed by atoms with E-state index in [4.69, 9.17) is 4.74 Å². The molecule has 0 aromatic heterocycles. The number of morpholine rings is 1. The molecule has 1 fully saturated rings. The van der Waals surface area contributed by atoms with Crippen LogP contribution in [0.3, 0.4) is 0 Å². The van der Waals surface area contributed by atoms with Crippen molar-refractivity contribution in [1.29, 1.82) is 0 Å². The van der Waals surface area contributed by atoms with Crippen molar-refractivity contribution in [2.45, 2.75) is 32.9 Å². The van der Waals surface area contributed by atoms with E-state index in [2.05, 4.69) is 54.6 Å². The summed E-state index contributed by atoms with van der Waals surface area (Å²) < 4.78 is 5.67. The Morgan fingerprint density at radius 2 is 2.17 bits per heavy atom. The highest BCUT2D eigenvalue weighted by Crippen LogP contribution is 2.16. The van der Waals surface area contributed by atoms with Gasteiger partial charge in [-0.1, -0.05) is 18.2 Å². The van der Waals surface area contributed by atoms with Crippen molar-refractivity contribution >= 4 is 5.91 Å². The molecule has 0 unspecified atom stereocenters. The zero-order valence-corrected chi connectivity index (χ0v) is 14.7. The van der Waals surface area contributed by atoms with E-state index in [0.29, 0.717) is 13.1 Å². The maximum absolute atomic E-state index is 12.1. The van der Waals surface area contributed by atoms with Crippen molar-refractivity contribution in [3.05, 3.63) is 34.9 Å². The minimum Gasteiger partial charge on any atom is -0.374 e. The van der Waals surface area contributed by atoms with E-state index in [0.717, 1.165) is 25.3 Å². The number of hydrogen-bond donors (Lipinski definition) is 2. The van der Waals surface area contributed by atoms with Crippen molar-refractivity contribution in [2.75, 3.05) is 39.8 Å². The Labute approximate surface area is 139 Å². The SMILES string of the molecule is Cc1ccc([C@H](C)NC(=O)CNC[C@@H]2CN(C)CCO2)cc1C. The molecule has 23 heavy (non-hydrogen) atoms. The smallest absolute Gasteiger partial charge is 0.234 e. The number of ether oxygens (including phenoxy) is 1. The first-order valence-corrected chi connectivity index (χ1v) is 8.33. The molecule has 1 aliphatic rings. The summed E-state index contributed by atoms with van der Waals surface area (Å²) >= 11 is 0. The molecular formula is C18H29N3O2. The second-order valence-electron chi connectivity index (χ2n) is 6.52. The van der Waals surface area contributed by atoms with Crippen molar-refractivity contribution in [1.82, 2.24) is 15.5 Å². The third kappa shape index (κ3) is 5.61. The Balaban J connectivity index is 1.72. The number of likely N-dealkylation sites (N-methyl/N-ethyl adjacent to an activating group) is 1. The number of rotatable bonds is 6. The molecule has 128 valence electrons. The van der Waals surface area contributed by atoms with E-state index in [9.17, 15) is 4.79 Å². The van der Waals surface area contributed by atoms with Gasteiger partial charge in [0.2, 0.25) is 5.91 Å². The lowest BCUT2D eigenvalue weighted by molar-refractivity contribution is -0.121. The molecule has 0 saturated carbocycles. The van der Waals surface area contributed by atoms with Gasteiger partial charge in [-0.15, -0.1) is 0 Å². The van der Waals surface area contributed by atoms with Crippen LogP contribution >= 0.6 is 0 Å². The number of benzene rings is 1. The molecule has 1 aliphatic heterocycles. The van der Waals surface area contributed by atoms with Crippen LogP contribution in [0.2, 0.25) is 0 Å². The normalized spacial score (nSPS) is 20.3. The van der Waals surface area contributed by atoms with Crippen molar-refractivity contribution in [2.24, 2.45) is 0 Å². The van der Waals surface area contributed by atoms with Gasteiger partial charge in [-0.05, 0) is 44.5 Å². The molecule has 0 aliphatic carbocycles. The fourth-order valence-corrected chi connectivity index (χ4v) is 2.75. The summed E-state index contributed by atoms with van der Waals surface area (Å²) in [5, 5.41) is 6.23. The Morgan fingerprint density at radius 3 is 2.87 bits per heavy atom. The molecule has 0 spiro atoms. The lowest BCUT2D eigenvalue weighted by Crippen LogP contribution is -2.46. The molecular weight excluding hydrogens is 290 g/mol. The number of nitrogens with zero attached hydrogens (tertiary/aromatic N) is 1. The summed E-state index contributed by atoms with van der Waals surface area (Å²) in [5.41, 5.74) is 3.66. The summed E-state index contributed by atoms with van der Waals surface area (Å²) in [6.45, 7) is 9.87. The molecule has 5 heteroatoms. The number of carbonyl (C=O) groups excluding carboxylic acids is 1. The number of aryl methyl sites for hydroxylation is 2. The third-order valence-corrected chi connectivity index (χ3v) is 4.41. The maximum atomic E-state index is 12.1. The van der Waals surface area contributed by atoms with Crippen LogP contribution in [0.1, 0.15) is 29.7 Å². The second-order valence-corrected chi connectivity index (χ2v) is 6.52.